The monoisotopic (exact) mass is 313 g/mol. The summed E-state index contributed by atoms with van der Waals surface area (Å²) < 4.78 is 5.74. The number of hydrogen-bond acceptors (Lipinski definition) is 4. The van der Waals surface area contributed by atoms with Crippen molar-refractivity contribution in [2.24, 2.45) is 0 Å². The van der Waals surface area contributed by atoms with E-state index >= 15 is 0 Å². The molecular weight excluding hydrogens is 290 g/mol. The maximum atomic E-state index is 12.7. The van der Waals surface area contributed by atoms with Gasteiger partial charge in [0.05, 0.1) is 12.7 Å². The normalized spacial score (nSPS) is 13.5. The van der Waals surface area contributed by atoms with Crippen LogP contribution in [0.4, 0.5) is 0 Å². The van der Waals surface area contributed by atoms with Crippen molar-refractivity contribution < 1.29 is 14.6 Å². The number of aliphatic hydroxyl groups excluding tert-OH is 1. The molecule has 0 saturated carbocycles. The quantitative estimate of drug-likeness (QED) is 0.696. The van der Waals surface area contributed by atoms with Crippen LogP contribution in [0.2, 0.25) is 0 Å². The van der Waals surface area contributed by atoms with Gasteiger partial charge in [-0.15, -0.1) is 0 Å². The lowest BCUT2D eigenvalue weighted by Crippen LogP contribution is -2.34. The second-order valence-electron chi connectivity index (χ2n) is 5.45. The number of likely N-dealkylation sites (N-methyl/N-ethyl adjacent to an activating group) is 1. The van der Waals surface area contributed by atoms with Gasteiger partial charge in [-0.05, 0) is 12.6 Å². The van der Waals surface area contributed by atoms with Crippen LogP contribution in [0.3, 0.4) is 0 Å². The predicted octanol–water partition coefficient (Wildman–Crippen LogP) is 2.08. The number of aliphatic hydroxyl groups is 1. The number of carbonyl (C=O) groups excluding carboxylic acids is 1. The van der Waals surface area contributed by atoms with Gasteiger partial charge in [0.25, 0.3) is 0 Å². The van der Waals surface area contributed by atoms with E-state index in [4.69, 9.17) is 4.74 Å². The minimum atomic E-state index is -0.637. The summed E-state index contributed by atoms with van der Waals surface area (Å²) in [4.78, 5) is 12.7. The maximum absolute atomic E-state index is 12.7. The summed E-state index contributed by atoms with van der Waals surface area (Å²) in [5.41, 5.74) is 1.65. The Hall–Kier alpha value is -2.01. The molecule has 4 heteroatoms. The zero-order valence-electron chi connectivity index (χ0n) is 13.3. The second-order valence-corrected chi connectivity index (χ2v) is 5.45. The third kappa shape index (κ3) is 5.60. The first-order valence-corrected chi connectivity index (χ1v) is 7.78. The van der Waals surface area contributed by atoms with Crippen LogP contribution in [0.15, 0.2) is 60.7 Å². The van der Waals surface area contributed by atoms with E-state index in [1.165, 1.54) is 0 Å². The molecule has 0 saturated heterocycles. The number of ether oxygens (including phenoxy) is 1. The molecule has 0 bridgehead atoms. The van der Waals surface area contributed by atoms with E-state index in [0.717, 1.165) is 5.56 Å². The number of Topliss-reactive ketones (excluding diaryl/α,β-unsaturated/α-hetero) is 1. The van der Waals surface area contributed by atoms with E-state index in [0.29, 0.717) is 18.5 Å². The Bertz CT molecular complexity index is 586. The molecular formula is C19H23NO3. The molecule has 0 fully saturated rings. The van der Waals surface area contributed by atoms with E-state index in [1.807, 2.05) is 48.5 Å². The van der Waals surface area contributed by atoms with Crippen LogP contribution in [0, 0.1) is 0 Å². The topological polar surface area (TPSA) is 58.6 Å². The highest BCUT2D eigenvalue weighted by atomic mass is 16.5. The molecule has 0 aliphatic heterocycles. The summed E-state index contributed by atoms with van der Waals surface area (Å²) >= 11 is 0. The molecule has 2 atom stereocenters. The fourth-order valence-electron chi connectivity index (χ4n) is 2.37. The van der Waals surface area contributed by atoms with Crippen LogP contribution in [-0.2, 0) is 11.2 Å². The first-order chi connectivity index (χ1) is 11.2. The molecule has 2 unspecified atom stereocenters. The van der Waals surface area contributed by atoms with Crippen molar-refractivity contribution in [1.29, 1.82) is 0 Å². The largest absolute Gasteiger partial charge is 0.389 e. The van der Waals surface area contributed by atoms with Crippen LogP contribution in [0.1, 0.15) is 15.9 Å². The molecule has 122 valence electrons. The minimum Gasteiger partial charge on any atom is -0.389 e. The SMILES string of the molecule is CNCC(O)COC(Cc1ccccc1)C(=O)c1ccccc1. The Morgan fingerprint density at radius 3 is 2.30 bits per heavy atom. The molecule has 4 nitrogen and oxygen atoms in total. The highest BCUT2D eigenvalue weighted by Gasteiger charge is 2.22. The van der Waals surface area contributed by atoms with E-state index in [1.54, 1.807) is 19.2 Å². The zero-order chi connectivity index (χ0) is 16.5. The third-order valence-corrected chi connectivity index (χ3v) is 3.54. The van der Waals surface area contributed by atoms with Crippen LogP contribution in [0.25, 0.3) is 0 Å². The molecule has 0 amide bonds. The lowest BCUT2D eigenvalue weighted by atomic mass is 10.00. The van der Waals surface area contributed by atoms with Crippen LogP contribution in [0.5, 0.6) is 0 Å². The van der Waals surface area contributed by atoms with Gasteiger partial charge in [-0.25, -0.2) is 0 Å². The summed E-state index contributed by atoms with van der Waals surface area (Å²) in [6, 6.07) is 18.9. The third-order valence-electron chi connectivity index (χ3n) is 3.54. The number of carbonyl (C=O) groups is 1. The second kappa shape index (κ2) is 9.20. The summed E-state index contributed by atoms with van der Waals surface area (Å²) in [6.45, 7) is 0.550. The van der Waals surface area contributed by atoms with Crippen molar-refractivity contribution in [2.45, 2.75) is 18.6 Å². The first kappa shape index (κ1) is 17.3. The Kier molecular flexibility index (Phi) is 6.94. The summed E-state index contributed by atoms with van der Waals surface area (Å²) in [6.07, 6.45) is -0.756. The van der Waals surface area contributed by atoms with Crippen molar-refractivity contribution in [3.63, 3.8) is 0 Å². The number of hydrogen-bond donors (Lipinski definition) is 2. The van der Waals surface area contributed by atoms with Gasteiger partial charge in [0.2, 0.25) is 0 Å². The van der Waals surface area contributed by atoms with Crippen LogP contribution in [-0.4, -0.2) is 43.3 Å². The summed E-state index contributed by atoms with van der Waals surface area (Å²) in [5, 5.41) is 12.7. The van der Waals surface area contributed by atoms with Crippen molar-refractivity contribution in [3.8, 4) is 0 Å². The fraction of sp³-hybridized carbons (Fsp3) is 0.316. The molecule has 2 aromatic rings. The van der Waals surface area contributed by atoms with Gasteiger partial charge in [-0.1, -0.05) is 60.7 Å². The zero-order valence-corrected chi connectivity index (χ0v) is 13.3. The van der Waals surface area contributed by atoms with Crippen LogP contribution < -0.4 is 5.32 Å². The molecule has 0 radical (unpaired) electrons. The Balaban J connectivity index is 2.09. The van der Waals surface area contributed by atoms with Crippen LogP contribution >= 0.6 is 0 Å². The van der Waals surface area contributed by atoms with Gasteiger partial charge in [0.15, 0.2) is 5.78 Å². The van der Waals surface area contributed by atoms with Gasteiger partial charge in [0, 0.05) is 18.5 Å². The van der Waals surface area contributed by atoms with E-state index in [9.17, 15) is 9.90 Å². The molecule has 0 aromatic heterocycles. The molecule has 23 heavy (non-hydrogen) atoms. The minimum absolute atomic E-state index is 0.0638. The average Bonchev–Trinajstić information content (AvgIpc) is 2.60. The highest BCUT2D eigenvalue weighted by Crippen LogP contribution is 2.13. The lowest BCUT2D eigenvalue weighted by Gasteiger charge is -2.19. The Morgan fingerprint density at radius 2 is 1.70 bits per heavy atom. The molecule has 2 N–H and O–H groups in total. The Morgan fingerprint density at radius 1 is 1.09 bits per heavy atom. The van der Waals surface area contributed by atoms with Crippen molar-refractivity contribution >= 4 is 5.78 Å². The standard InChI is InChI=1S/C19H23NO3/c1-20-13-17(21)14-23-18(12-15-8-4-2-5-9-15)19(22)16-10-6-3-7-11-16/h2-11,17-18,20-21H,12-14H2,1H3. The fourth-order valence-corrected chi connectivity index (χ4v) is 2.37. The molecule has 0 spiro atoms. The predicted molar refractivity (Wildman–Crippen MR) is 90.6 cm³/mol. The average molecular weight is 313 g/mol. The van der Waals surface area contributed by atoms with Gasteiger partial charge >= 0.3 is 0 Å². The smallest absolute Gasteiger partial charge is 0.191 e. The molecule has 0 aliphatic rings. The first-order valence-electron chi connectivity index (χ1n) is 7.78. The number of benzene rings is 2. The molecule has 0 heterocycles. The summed E-state index contributed by atoms with van der Waals surface area (Å²) in [7, 11) is 1.76. The number of ketones is 1. The van der Waals surface area contributed by atoms with Gasteiger partial charge in [-0.2, -0.15) is 0 Å². The summed E-state index contributed by atoms with van der Waals surface area (Å²) in [5.74, 6) is -0.0638. The lowest BCUT2D eigenvalue weighted by molar-refractivity contribution is -0.00117. The van der Waals surface area contributed by atoms with Gasteiger partial charge in [-0.3, -0.25) is 4.79 Å². The van der Waals surface area contributed by atoms with Crippen molar-refractivity contribution in [1.82, 2.24) is 5.32 Å². The molecule has 0 aliphatic carbocycles. The van der Waals surface area contributed by atoms with Gasteiger partial charge in [0.1, 0.15) is 6.10 Å². The Labute approximate surface area is 137 Å². The van der Waals surface area contributed by atoms with E-state index < -0.39 is 12.2 Å². The molecule has 2 rings (SSSR count). The van der Waals surface area contributed by atoms with Crippen molar-refractivity contribution in [2.75, 3.05) is 20.2 Å². The van der Waals surface area contributed by atoms with Crippen molar-refractivity contribution in [3.05, 3.63) is 71.8 Å². The number of rotatable bonds is 9. The maximum Gasteiger partial charge on any atom is 0.191 e. The highest BCUT2D eigenvalue weighted by molar-refractivity contribution is 5.99. The van der Waals surface area contributed by atoms with E-state index in [2.05, 4.69) is 5.32 Å². The molecule has 2 aromatic carbocycles. The number of nitrogens with one attached hydrogen (secondary N) is 1. The van der Waals surface area contributed by atoms with Gasteiger partial charge < -0.3 is 15.2 Å². The van der Waals surface area contributed by atoms with E-state index in [-0.39, 0.29) is 12.4 Å².